The molecule has 116 valence electrons. The van der Waals surface area contributed by atoms with Crippen LogP contribution in [-0.2, 0) is 0 Å². The first-order valence-corrected chi connectivity index (χ1v) is 8.30. The zero-order valence-electron chi connectivity index (χ0n) is 13.6. The van der Waals surface area contributed by atoms with Gasteiger partial charge in [0, 0.05) is 25.2 Å². The van der Waals surface area contributed by atoms with Gasteiger partial charge in [-0.15, -0.1) is 0 Å². The minimum absolute atomic E-state index is 0.268. The standard InChI is InChI=1S/C16H31N3O/c1-5-18(13(2)3)16(20)19-10-6-7-15(19)14-8-11-17(4)12-9-14/h13-15H,5-12H2,1-4H3/t15-/m0/s1. The summed E-state index contributed by atoms with van der Waals surface area (Å²) >= 11 is 0. The maximum atomic E-state index is 12.8. The van der Waals surface area contributed by atoms with Gasteiger partial charge in [-0.3, -0.25) is 0 Å². The Hall–Kier alpha value is -0.770. The summed E-state index contributed by atoms with van der Waals surface area (Å²) in [6.07, 6.45) is 4.88. The number of carbonyl (C=O) groups is 1. The van der Waals surface area contributed by atoms with Crippen molar-refractivity contribution in [1.82, 2.24) is 14.7 Å². The summed E-state index contributed by atoms with van der Waals surface area (Å²) in [6, 6.07) is 1.05. The third-order valence-electron chi connectivity index (χ3n) is 5.06. The van der Waals surface area contributed by atoms with Crippen LogP contribution in [0.25, 0.3) is 0 Å². The number of hydrogen-bond acceptors (Lipinski definition) is 2. The van der Waals surface area contributed by atoms with Crippen molar-refractivity contribution in [3.8, 4) is 0 Å². The van der Waals surface area contributed by atoms with Crippen LogP contribution < -0.4 is 0 Å². The second kappa shape index (κ2) is 6.79. The second-order valence-corrected chi connectivity index (χ2v) is 6.71. The van der Waals surface area contributed by atoms with Crippen LogP contribution in [0.1, 0.15) is 46.5 Å². The Labute approximate surface area is 124 Å². The molecule has 0 unspecified atom stereocenters. The summed E-state index contributed by atoms with van der Waals surface area (Å²) < 4.78 is 0. The van der Waals surface area contributed by atoms with Crippen LogP contribution >= 0.6 is 0 Å². The molecule has 2 heterocycles. The summed E-state index contributed by atoms with van der Waals surface area (Å²) in [4.78, 5) is 19.4. The molecule has 0 spiro atoms. The molecule has 0 aliphatic carbocycles. The molecule has 0 bridgehead atoms. The number of nitrogens with zero attached hydrogens (tertiary/aromatic N) is 3. The highest BCUT2D eigenvalue weighted by Gasteiger charge is 2.37. The van der Waals surface area contributed by atoms with Crippen molar-refractivity contribution in [1.29, 1.82) is 0 Å². The molecule has 2 aliphatic heterocycles. The van der Waals surface area contributed by atoms with Gasteiger partial charge >= 0.3 is 6.03 Å². The molecule has 0 aromatic heterocycles. The van der Waals surface area contributed by atoms with Crippen molar-refractivity contribution in [2.75, 3.05) is 33.2 Å². The lowest BCUT2D eigenvalue weighted by Crippen LogP contribution is -2.51. The van der Waals surface area contributed by atoms with E-state index in [1.807, 2.05) is 4.90 Å². The van der Waals surface area contributed by atoms with Crippen molar-refractivity contribution < 1.29 is 4.79 Å². The van der Waals surface area contributed by atoms with Crippen molar-refractivity contribution in [2.45, 2.75) is 58.5 Å². The van der Waals surface area contributed by atoms with Gasteiger partial charge in [-0.1, -0.05) is 0 Å². The quantitative estimate of drug-likeness (QED) is 0.795. The van der Waals surface area contributed by atoms with Crippen LogP contribution in [0.15, 0.2) is 0 Å². The fraction of sp³-hybridized carbons (Fsp3) is 0.938. The number of piperidine rings is 1. The molecule has 0 radical (unpaired) electrons. The molecule has 4 heteroatoms. The van der Waals surface area contributed by atoms with Gasteiger partial charge in [0.1, 0.15) is 0 Å². The number of likely N-dealkylation sites (tertiary alicyclic amines) is 2. The number of rotatable bonds is 3. The van der Waals surface area contributed by atoms with Crippen LogP contribution in [-0.4, -0.2) is 66.0 Å². The Bertz CT molecular complexity index is 324. The van der Waals surface area contributed by atoms with Crippen LogP contribution in [0.5, 0.6) is 0 Å². The summed E-state index contributed by atoms with van der Waals surface area (Å²) in [5, 5.41) is 0. The Morgan fingerprint density at radius 2 is 1.85 bits per heavy atom. The summed E-state index contributed by atoms with van der Waals surface area (Å²) in [5.41, 5.74) is 0. The lowest BCUT2D eigenvalue weighted by atomic mass is 9.88. The van der Waals surface area contributed by atoms with Gasteiger partial charge in [0.25, 0.3) is 0 Å². The van der Waals surface area contributed by atoms with E-state index in [-0.39, 0.29) is 6.03 Å². The normalized spacial score (nSPS) is 25.4. The van der Waals surface area contributed by atoms with Crippen LogP contribution in [0, 0.1) is 5.92 Å². The molecule has 2 aliphatic rings. The van der Waals surface area contributed by atoms with E-state index in [2.05, 4.69) is 37.6 Å². The van der Waals surface area contributed by atoms with Gasteiger partial charge < -0.3 is 14.7 Å². The number of amides is 2. The van der Waals surface area contributed by atoms with Gasteiger partial charge in [-0.25, -0.2) is 4.79 Å². The van der Waals surface area contributed by atoms with Crippen LogP contribution in [0.3, 0.4) is 0 Å². The molecular formula is C16H31N3O. The van der Waals surface area contributed by atoms with E-state index >= 15 is 0 Å². The fourth-order valence-corrected chi connectivity index (χ4v) is 3.82. The molecule has 20 heavy (non-hydrogen) atoms. The van der Waals surface area contributed by atoms with Crippen molar-refractivity contribution >= 4 is 6.03 Å². The predicted molar refractivity (Wildman–Crippen MR) is 82.9 cm³/mol. The van der Waals surface area contributed by atoms with Crippen LogP contribution in [0.2, 0.25) is 0 Å². The fourth-order valence-electron chi connectivity index (χ4n) is 3.82. The van der Waals surface area contributed by atoms with E-state index in [4.69, 9.17) is 0 Å². The molecule has 0 N–H and O–H groups in total. The van der Waals surface area contributed by atoms with Crippen LogP contribution in [0.4, 0.5) is 4.79 Å². The van der Waals surface area contributed by atoms with E-state index < -0.39 is 0 Å². The Balaban J connectivity index is 2.01. The third-order valence-corrected chi connectivity index (χ3v) is 5.06. The van der Waals surface area contributed by atoms with E-state index in [9.17, 15) is 4.79 Å². The monoisotopic (exact) mass is 281 g/mol. The Morgan fingerprint density at radius 1 is 1.20 bits per heavy atom. The smallest absolute Gasteiger partial charge is 0.320 e. The Morgan fingerprint density at radius 3 is 2.40 bits per heavy atom. The van der Waals surface area contributed by atoms with Crippen molar-refractivity contribution in [3.05, 3.63) is 0 Å². The maximum Gasteiger partial charge on any atom is 0.320 e. The zero-order valence-corrected chi connectivity index (χ0v) is 13.6. The molecule has 1 atom stereocenters. The first-order chi connectivity index (χ1) is 9.54. The molecule has 2 rings (SSSR count). The maximum absolute atomic E-state index is 12.8. The second-order valence-electron chi connectivity index (χ2n) is 6.71. The number of hydrogen-bond donors (Lipinski definition) is 0. The molecule has 0 saturated carbocycles. The van der Waals surface area contributed by atoms with Gasteiger partial charge in [0.05, 0.1) is 0 Å². The third kappa shape index (κ3) is 3.27. The molecule has 0 aromatic carbocycles. The molecule has 2 amide bonds. The summed E-state index contributed by atoms with van der Waals surface area (Å²) in [7, 11) is 2.20. The van der Waals surface area contributed by atoms with E-state index in [1.165, 1.54) is 38.8 Å². The average molecular weight is 281 g/mol. The minimum atomic E-state index is 0.268. The molecule has 0 aromatic rings. The highest BCUT2D eigenvalue weighted by Crippen LogP contribution is 2.31. The molecule has 2 fully saturated rings. The lowest BCUT2D eigenvalue weighted by Gasteiger charge is -2.39. The first kappa shape index (κ1) is 15.6. The lowest BCUT2D eigenvalue weighted by molar-refractivity contribution is 0.104. The van der Waals surface area contributed by atoms with Gasteiger partial charge in [-0.2, -0.15) is 0 Å². The number of carbonyl (C=O) groups excluding carboxylic acids is 1. The highest BCUT2D eigenvalue weighted by molar-refractivity contribution is 5.75. The zero-order chi connectivity index (χ0) is 14.7. The predicted octanol–water partition coefficient (Wildman–Crippen LogP) is 2.64. The van der Waals surface area contributed by atoms with Gasteiger partial charge in [0.2, 0.25) is 0 Å². The number of urea groups is 1. The van der Waals surface area contributed by atoms with E-state index in [0.29, 0.717) is 18.0 Å². The van der Waals surface area contributed by atoms with Gasteiger partial charge in [-0.05, 0) is 72.5 Å². The average Bonchev–Trinajstić information content (AvgIpc) is 2.89. The minimum Gasteiger partial charge on any atom is -0.323 e. The SMILES string of the molecule is CCN(C(=O)N1CCC[C@H]1C1CCN(C)CC1)C(C)C. The van der Waals surface area contributed by atoms with Crippen molar-refractivity contribution in [2.24, 2.45) is 5.92 Å². The topological polar surface area (TPSA) is 26.8 Å². The molecule has 4 nitrogen and oxygen atoms in total. The van der Waals surface area contributed by atoms with Crippen molar-refractivity contribution in [3.63, 3.8) is 0 Å². The first-order valence-electron chi connectivity index (χ1n) is 8.30. The molecule has 2 saturated heterocycles. The molecular weight excluding hydrogens is 250 g/mol. The highest BCUT2D eigenvalue weighted by atomic mass is 16.2. The summed E-state index contributed by atoms with van der Waals surface area (Å²) in [5.74, 6) is 0.712. The Kier molecular flexibility index (Phi) is 5.30. The van der Waals surface area contributed by atoms with E-state index in [1.54, 1.807) is 0 Å². The summed E-state index contributed by atoms with van der Waals surface area (Å²) in [6.45, 7) is 10.4. The van der Waals surface area contributed by atoms with E-state index in [0.717, 1.165) is 13.1 Å². The largest absolute Gasteiger partial charge is 0.323 e. The van der Waals surface area contributed by atoms with Gasteiger partial charge in [0.15, 0.2) is 0 Å².